The van der Waals surface area contributed by atoms with Crippen LogP contribution in [0.1, 0.15) is 12.5 Å². The number of halogens is 2. The van der Waals surface area contributed by atoms with E-state index in [2.05, 4.69) is 19.4 Å². The number of aromatic nitrogens is 5. The summed E-state index contributed by atoms with van der Waals surface area (Å²) in [7, 11) is 3.66. The topological polar surface area (TPSA) is 80.0 Å². The van der Waals surface area contributed by atoms with E-state index in [1.165, 1.54) is 46.7 Å². The Morgan fingerprint density at radius 3 is 2.74 bits per heavy atom. The second-order valence-electron chi connectivity index (χ2n) is 6.16. The summed E-state index contributed by atoms with van der Waals surface area (Å²) < 4.78 is 34.1. The van der Waals surface area contributed by atoms with Crippen LogP contribution in [0.5, 0.6) is 0 Å². The van der Waals surface area contributed by atoms with Gasteiger partial charge in [-0.15, -0.1) is 0 Å². The van der Waals surface area contributed by atoms with Gasteiger partial charge in [0.2, 0.25) is 5.95 Å². The maximum atomic E-state index is 14.5. The first-order valence-electron chi connectivity index (χ1n) is 7.97. The number of aliphatic hydroxyl groups is 1. The predicted octanol–water partition coefficient (Wildman–Crippen LogP) is 2.54. The predicted molar refractivity (Wildman–Crippen MR) is 99.8 cm³/mol. The molecule has 2 atom stereocenters. The Labute approximate surface area is 163 Å². The van der Waals surface area contributed by atoms with E-state index in [4.69, 9.17) is 0 Å². The van der Waals surface area contributed by atoms with Gasteiger partial charge in [0.05, 0.1) is 6.54 Å². The van der Waals surface area contributed by atoms with E-state index in [1.54, 1.807) is 11.8 Å². The maximum Gasteiger partial charge on any atom is 0.237 e. The van der Waals surface area contributed by atoms with Crippen molar-refractivity contribution in [1.29, 1.82) is 0 Å². The summed E-state index contributed by atoms with van der Waals surface area (Å²) in [5, 5.41) is 14.9. The fourth-order valence-corrected chi connectivity index (χ4v) is 4.55. The molecule has 0 saturated carbocycles. The summed E-state index contributed by atoms with van der Waals surface area (Å²) in [6, 6.07) is 3.13. The second-order valence-corrected chi connectivity index (χ2v) is 8.50. The third-order valence-corrected chi connectivity index (χ3v) is 6.06. The molecule has 0 radical (unpaired) electrons. The largest absolute Gasteiger partial charge is 0.382 e. The summed E-state index contributed by atoms with van der Waals surface area (Å²) in [6.45, 7) is 1.70. The lowest BCUT2D eigenvalue weighted by Gasteiger charge is -2.33. The molecule has 2 heterocycles. The third kappa shape index (κ3) is 4.25. The lowest BCUT2D eigenvalue weighted by atomic mass is 9.90. The quantitative estimate of drug-likeness (QED) is 0.598. The molecule has 0 bridgehead atoms. The number of hydrogen-bond donors (Lipinski definition) is 1. The van der Waals surface area contributed by atoms with E-state index in [-0.39, 0.29) is 12.1 Å². The number of anilines is 1. The van der Waals surface area contributed by atoms with Gasteiger partial charge in [-0.05, 0) is 24.5 Å². The first kappa shape index (κ1) is 19.6. The molecule has 0 aliphatic carbocycles. The molecule has 2 unspecified atom stereocenters. The van der Waals surface area contributed by atoms with Crippen molar-refractivity contribution in [2.45, 2.75) is 28.7 Å². The van der Waals surface area contributed by atoms with Crippen molar-refractivity contribution in [1.82, 2.24) is 24.1 Å². The average Bonchev–Trinajstić information content (AvgIpc) is 3.26. The molecule has 1 N–H and O–H groups in total. The number of hydrogen-bond acceptors (Lipinski definition) is 8. The number of nitrogens with zero attached hydrogens (tertiary/aromatic N) is 6. The minimum absolute atomic E-state index is 0.0169. The Hall–Kier alpha value is -2.11. The minimum atomic E-state index is -1.68. The van der Waals surface area contributed by atoms with Crippen LogP contribution >= 0.6 is 23.3 Å². The lowest BCUT2D eigenvalue weighted by Crippen LogP contribution is -2.41. The molecule has 0 saturated heterocycles. The molecule has 0 fully saturated rings. The molecular formula is C16H18F2N6OS2. The Bertz CT molecular complexity index is 904. The van der Waals surface area contributed by atoms with Gasteiger partial charge in [0, 0.05) is 31.0 Å². The van der Waals surface area contributed by atoms with E-state index in [0.29, 0.717) is 10.3 Å². The van der Waals surface area contributed by atoms with Crippen LogP contribution in [0, 0.1) is 11.6 Å². The van der Waals surface area contributed by atoms with Crippen LogP contribution in [-0.4, -0.2) is 48.6 Å². The maximum absolute atomic E-state index is 14.5. The summed E-state index contributed by atoms with van der Waals surface area (Å²) in [5.41, 5.74) is -1.70. The van der Waals surface area contributed by atoms with Crippen LogP contribution in [-0.2, 0) is 12.1 Å². The molecule has 1 aromatic carbocycles. The van der Waals surface area contributed by atoms with Crippen molar-refractivity contribution < 1.29 is 13.9 Å². The first-order chi connectivity index (χ1) is 12.8. The summed E-state index contributed by atoms with van der Waals surface area (Å²) in [4.78, 5) is 10.0. The molecule has 7 nitrogen and oxygen atoms in total. The molecule has 2 aromatic heterocycles. The van der Waals surface area contributed by atoms with Gasteiger partial charge in [-0.25, -0.2) is 18.4 Å². The van der Waals surface area contributed by atoms with Crippen molar-refractivity contribution in [3.8, 4) is 0 Å². The van der Waals surface area contributed by atoms with Crippen molar-refractivity contribution in [3.63, 3.8) is 0 Å². The fraction of sp³-hybridized carbons (Fsp3) is 0.375. The third-order valence-electron chi connectivity index (χ3n) is 4.01. The SMILES string of the molecule is CC(Sc1nc(N(C)C)ns1)C(O)(Cn1cncn1)c1ccc(F)cc1F. The highest BCUT2D eigenvalue weighted by Gasteiger charge is 2.40. The molecule has 144 valence electrons. The Morgan fingerprint density at radius 1 is 1.37 bits per heavy atom. The van der Waals surface area contributed by atoms with Crippen LogP contribution in [0.15, 0.2) is 35.2 Å². The van der Waals surface area contributed by atoms with E-state index >= 15 is 0 Å². The van der Waals surface area contributed by atoms with Crippen LogP contribution in [0.2, 0.25) is 0 Å². The van der Waals surface area contributed by atoms with E-state index < -0.39 is 22.5 Å². The molecule has 11 heteroatoms. The Kier molecular flexibility index (Phi) is 5.72. The number of thioether (sulfide) groups is 1. The average molecular weight is 412 g/mol. The number of benzene rings is 1. The van der Waals surface area contributed by atoms with Crippen molar-refractivity contribution in [2.75, 3.05) is 19.0 Å². The van der Waals surface area contributed by atoms with Gasteiger partial charge in [-0.3, -0.25) is 0 Å². The standard InChI is InChI=1S/C16H18F2N6OS2/c1-10(26-15-21-14(22-27-15)23(2)3)16(25,7-24-9-19-8-20-24)12-5-4-11(17)6-13(12)18/h4-6,8-10,25H,7H2,1-3H3. The van der Waals surface area contributed by atoms with E-state index in [1.807, 2.05) is 14.1 Å². The molecule has 0 aliphatic heterocycles. The highest BCUT2D eigenvalue weighted by molar-refractivity contribution is 8.01. The summed E-state index contributed by atoms with van der Waals surface area (Å²) >= 11 is 2.46. The highest BCUT2D eigenvalue weighted by Crippen LogP contribution is 2.40. The van der Waals surface area contributed by atoms with Gasteiger partial charge in [0.15, 0.2) is 4.34 Å². The smallest absolute Gasteiger partial charge is 0.237 e. The van der Waals surface area contributed by atoms with Gasteiger partial charge < -0.3 is 10.0 Å². The second kappa shape index (κ2) is 7.87. The van der Waals surface area contributed by atoms with Gasteiger partial charge >= 0.3 is 0 Å². The molecule has 0 spiro atoms. The zero-order valence-corrected chi connectivity index (χ0v) is 16.5. The van der Waals surface area contributed by atoms with Crippen LogP contribution in [0.4, 0.5) is 14.7 Å². The molecular weight excluding hydrogens is 394 g/mol. The van der Waals surface area contributed by atoms with Crippen molar-refractivity contribution in [2.24, 2.45) is 0 Å². The summed E-state index contributed by atoms with van der Waals surface area (Å²) in [6.07, 6.45) is 2.76. The molecule has 0 aliphatic rings. The number of rotatable bonds is 7. The molecule has 3 rings (SSSR count). The van der Waals surface area contributed by atoms with Crippen LogP contribution < -0.4 is 4.90 Å². The monoisotopic (exact) mass is 412 g/mol. The molecule has 0 amide bonds. The molecule has 3 aromatic rings. The molecule has 27 heavy (non-hydrogen) atoms. The van der Waals surface area contributed by atoms with Crippen molar-refractivity contribution in [3.05, 3.63) is 48.1 Å². The minimum Gasteiger partial charge on any atom is -0.382 e. The van der Waals surface area contributed by atoms with Gasteiger partial charge in [0.25, 0.3) is 0 Å². The zero-order valence-electron chi connectivity index (χ0n) is 14.9. The van der Waals surface area contributed by atoms with Gasteiger partial charge in [-0.2, -0.15) is 14.5 Å². The normalized spacial score (nSPS) is 14.7. The Morgan fingerprint density at radius 2 is 2.15 bits per heavy atom. The van der Waals surface area contributed by atoms with Crippen molar-refractivity contribution >= 4 is 29.2 Å². The van der Waals surface area contributed by atoms with Gasteiger partial charge in [0.1, 0.15) is 29.9 Å². The van der Waals surface area contributed by atoms with Crippen LogP contribution in [0.3, 0.4) is 0 Å². The first-order valence-corrected chi connectivity index (χ1v) is 9.63. The van der Waals surface area contributed by atoms with Gasteiger partial charge in [-0.1, -0.05) is 17.8 Å². The lowest BCUT2D eigenvalue weighted by molar-refractivity contribution is 0.0133. The summed E-state index contributed by atoms with van der Waals surface area (Å²) in [5.74, 6) is -0.974. The van der Waals surface area contributed by atoms with E-state index in [9.17, 15) is 13.9 Å². The Balaban J connectivity index is 1.94. The van der Waals surface area contributed by atoms with Crippen LogP contribution in [0.25, 0.3) is 0 Å². The van der Waals surface area contributed by atoms with E-state index in [0.717, 1.165) is 12.1 Å². The highest BCUT2D eigenvalue weighted by atomic mass is 32.2. The fourth-order valence-electron chi connectivity index (χ4n) is 2.52. The zero-order chi connectivity index (χ0) is 19.6.